The Morgan fingerprint density at radius 2 is 0.947 bits per heavy atom. The summed E-state index contributed by atoms with van der Waals surface area (Å²) in [6.07, 6.45) is -7.96. The summed E-state index contributed by atoms with van der Waals surface area (Å²) >= 11 is 0. The molecular formula is C14H6F19N3O2. The molecule has 1 rings (SSSR count). The lowest BCUT2D eigenvalue weighted by Gasteiger charge is -2.43. The highest BCUT2D eigenvalue weighted by Crippen LogP contribution is 2.66. The van der Waals surface area contributed by atoms with Crippen LogP contribution in [0.3, 0.4) is 0 Å². The van der Waals surface area contributed by atoms with Crippen LogP contribution in [0.25, 0.3) is 0 Å². The Morgan fingerprint density at radius 3 is 1.29 bits per heavy atom. The third-order valence-corrected chi connectivity index (χ3v) is 4.43. The highest BCUT2D eigenvalue weighted by molar-refractivity contribution is 5.88. The van der Waals surface area contributed by atoms with Crippen LogP contribution in [0, 0.1) is 0 Å². The second-order valence-electron chi connectivity index (χ2n) is 6.83. The highest BCUT2D eigenvalue weighted by atomic mass is 19.4. The van der Waals surface area contributed by atoms with E-state index in [9.17, 15) is 88.2 Å². The van der Waals surface area contributed by atoms with Gasteiger partial charge in [0.05, 0.1) is 6.61 Å². The zero-order chi connectivity index (χ0) is 30.8. The number of halogens is 19. The molecule has 0 saturated heterocycles. The standard InChI is InChI=1S/C14H6F19N3O2/c1-2-38-5(37)3-4(35-36-34-3)6(15,16)7(17,18)8(19,20)9(21,22)10(23,24)11(25,26)12(27,28)13(29,30)14(31,32)33/h2H2,1H3,(H,34,35,36). The van der Waals surface area contributed by atoms with E-state index in [0.717, 1.165) is 12.1 Å². The topological polar surface area (TPSA) is 67.9 Å². The Morgan fingerprint density at radius 1 is 0.605 bits per heavy atom. The maximum atomic E-state index is 14.2. The van der Waals surface area contributed by atoms with Crippen LogP contribution in [0.2, 0.25) is 0 Å². The molecule has 0 atom stereocenters. The van der Waals surface area contributed by atoms with E-state index in [4.69, 9.17) is 0 Å². The number of alkyl halides is 19. The van der Waals surface area contributed by atoms with E-state index in [-0.39, 0.29) is 0 Å². The Labute approximate surface area is 194 Å². The van der Waals surface area contributed by atoms with Crippen LogP contribution in [0.5, 0.6) is 0 Å². The Balaban J connectivity index is 3.80. The minimum atomic E-state index is -9.05. The third-order valence-electron chi connectivity index (χ3n) is 4.43. The van der Waals surface area contributed by atoms with Gasteiger partial charge in [-0.15, -0.1) is 5.10 Å². The molecule has 1 heterocycles. The molecule has 0 radical (unpaired) electrons. The van der Waals surface area contributed by atoms with Crippen LogP contribution in [-0.2, 0) is 10.7 Å². The predicted octanol–water partition coefficient (Wildman–Crippen LogP) is 6.08. The summed E-state index contributed by atoms with van der Waals surface area (Å²) in [5.74, 6) is -70.4. The molecule has 222 valence electrons. The van der Waals surface area contributed by atoms with Crippen molar-refractivity contribution in [2.75, 3.05) is 6.61 Å². The number of H-pyrrole nitrogens is 1. The van der Waals surface area contributed by atoms with Gasteiger partial charge in [0.1, 0.15) is 0 Å². The van der Waals surface area contributed by atoms with Crippen molar-refractivity contribution >= 4 is 5.97 Å². The Hall–Kier alpha value is -2.72. The van der Waals surface area contributed by atoms with E-state index in [0.29, 0.717) is 0 Å². The number of aromatic nitrogens is 3. The molecule has 38 heavy (non-hydrogen) atoms. The first-order chi connectivity index (χ1) is 16.5. The minimum absolute atomic E-state index is 0.792. The van der Waals surface area contributed by atoms with E-state index in [2.05, 4.69) is 9.84 Å². The van der Waals surface area contributed by atoms with Gasteiger partial charge in [-0.2, -0.15) is 93.7 Å². The molecule has 5 nitrogen and oxygen atoms in total. The van der Waals surface area contributed by atoms with E-state index in [1.165, 1.54) is 0 Å². The van der Waals surface area contributed by atoms with E-state index >= 15 is 0 Å². The SMILES string of the molecule is CCOC(=O)c1n[nH]nc1C(F)(F)C(F)(F)C(F)(F)C(F)(F)C(F)(F)C(F)(F)C(F)(F)C(F)(F)C(F)(F)F. The maximum Gasteiger partial charge on any atom is 0.460 e. The van der Waals surface area contributed by atoms with Gasteiger partial charge in [0.15, 0.2) is 11.4 Å². The summed E-state index contributed by atoms with van der Waals surface area (Å²) in [7, 11) is 0. The summed E-state index contributed by atoms with van der Waals surface area (Å²) in [5.41, 5.74) is -5.29. The third kappa shape index (κ3) is 4.07. The summed E-state index contributed by atoms with van der Waals surface area (Å²) in [5, 5.41) is 5.36. The summed E-state index contributed by atoms with van der Waals surface area (Å²) in [4.78, 5) is 11.4. The van der Waals surface area contributed by atoms with Gasteiger partial charge >= 0.3 is 59.5 Å². The number of ether oxygens (including phenoxy) is 1. The molecule has 0 spiro atoms. The number of hydrogen-bond donors (Lipinski definition) is 1. The molecule has 0 unspecified atom stereocenters. The smallest absolute Gasteiger partial charge is 0.460 e. The maximum absolute atomic E-state index is 14.2. The zero-order valence-electron chi connectivity index (χ0n) is 17.1. The van der Waals surface area contributed by atoms with Crippen molar-refractivity contribution in [3.8, 4) is 0 Å². The van der Waals surface area contributed by atoms with Gasteiger partial charge in [-0.3, -0.25) is 0 Å². The lowest BCUT2D eigenvalue weighted by atomic mass is 9.86. The van der Waals surface area contributed by atoms with E-state index in [1.807, 2.05) is 5.10 Å². The average molecular weight is 609 g/mol. The van der Waals surface area contributed by atoms with Gasteiger partial charge in [0, 0.05) is 0 Å². The number of nitrogens with zero attached hydrogens (tertiary/aromatic N) is 2. The first-order valence-electron chi connectivity index (χ1n) is 8.64. The minimum Gasteiger partial charge on any atom is -0.461 e. The highest BCUT2D eigenvalue weighted by Gasteiger charge is 2.97. The fourth-order valence-corrected chi connectivity index (χ4v) is 2.30. The molecule has 0 aliphatic rings. The number of nitrogens with one attached hydrogen (secondary N) is 1. The number of carbonyl (C=O) groups is 1. The second kappa shape index (κ2) is 8.91. The van der Waals surface area contributed by atoms with Crippen molar-refractivity contribution in [2.45, 2.75) is 60.5 Å². The number of rotatable bonds is 10. The Kier molecular flexibility index (Phi) is 7.81. The molecule has 1 N–H and O–H groups in total. The lowest BCUT2D eigenvalue weighted by Crippen LogP contribution is -2.75. The van der Waals surface area contributed by atoms with Crippen molar-refractivity contribution in [2.24, 2.45) is 0 Å². The summed E-state index contributed by atoms with van der Waals surface area (Å²) in [6.45, 7) is 0.124. The normalized spacial score (nSPS) is 15.6. The molecule has 0 aromatic carbocycles. The fourth-order valence-electron chi connectivity index (χ4n) is 2.30. The van der Waals surface area contributed by atoms with Gasteiger partial charge in [0.2, 0.25) is 0 Å². The van der Waals surface area contributed by atoms with Gasteiger partial charge in [-0.1, -0.05) is 0 Å². The first-order valence-corrected chi connectivity index (χ1v) is 8.64. The molecule has 24 heteroatoms. The van der Waals surface area contributed by atoms with E-state index < -0.39 is 77.5 Å². The van der Waals surface area contributed by atoms with Crippen molar-refractivity contribution in [1.29, 1.82) is 0 Å². The number of aromatic amines is 1. The van der Waals surface area contributed by atoms with Crippen molar-refractivity contribution in [3.05, 3.63) is 11.4 Å². The van der Waals surface area contributed by atoms with Crippen molar-refractivity contribution in [3.63, 3.8) is 0 Å². The van der Waals surface area contributed by atoms with Crippen LogP contribution in [0.1, 0.15) is 23.1 Å². The molecular weight excluding hydrogens is 603 g/mol. The molecule has 0 amide bonds. The average Bonchev–Trinajstić information content (AvgIpc) is 3.23. The summed E-state index contributed by atoms with van der Waals surface area (Å²) in [6, 6.07) is 0. The fraction of sp³-hybridized carbons (Fsp3) is 0.786. The molecule has 1 aromatic rings. The van der Waals surface area contributed by atoms with Gasteiger partial charge < -0.3 is 4.74 Å². The van der Waals surface area contributed by atoms with Crippen LogP contribution in [-0.4, -0.2) is 75.6 Å². The number of carbonyl (C=O) groups excluding carboxylic acids is 1. The predicted molar refractivity (Wildman–Crippen MR) is 76.9 cm³/mol. The van der Waals surface area contributed by atoms with Gasteiger partial charge in [-0.05, 0) is 6.92 Å². The lowest BCUT2D eigenvalue weighted by molar-refractivity contribution is -0.469. The first kappa shape index (κ1) is 33.3. The van der Waals surface area contributed by atoms with Crippen molar-refractivity contribution in [1.82, 2.24) is 15.4 Å². The van der Waals surface area contributed by atoms with Crippen LogP contribution in [0.4, 0.5) is 83.4 Å². The molecule has 1 aromatic heterocycles. The summed E-state index contributed by atoms with van der Waals surface area (Å²) < 4.78 is 258. The second-order valence-corrected chi connectivity index (χ2v) is 6.83. The van der Waals surface area contributed by atoms with E-state index in [1.54, 1.807) is 0 Å². The van der Waals surface area contributed by atoms with Crippen LogP contribution in [0.15, 0.2) is 0 Å². The van der Waals surface area contributed by atoms with Gasteiger partial charge in [-0.25, -0.2) is 4.79 Å². The number of hydrogen-bond acceptors (Lipinski definition) is 4. The quantitative estimate of drug-likeness (QED) is 0.258. The van der Waals surface area contributed by atoms with Crippen LogP contribution < -0.4 is 0 Å². The van der Waals surface area contributed by atoms with Crippen LogP contribution >= 0.6 is 0 Å². The Bertz CT molecular complexity index is 1030. The molecule has 0 fully saturated rings. The van der Waals surface area contributed by atoms with Crippen molar-refractivity contribution < 1.29 is 92.9 Å². The molecule has 0 aliphatic heterocycles. The van der Waals surface area contributed by atoms with Gasteiger partial charge in [0.25, 0.3) is 0 Å². The molecule has 0 aliphatic carbocycles. The number of esters is 1. The molecule has 0 saturated carbocycles. The molecule has 0 bridgehead atoms. The monoisotopic (exact) mass is 609 g/mol. The largest absolute Gasteiger partial charge is 0.461 e. The zero-order valence-corrected chi connectivity index (χ0v) is 17.1.